The minimum absolute atomic E-state index is 0.186. The Morgan fingerprint density at radius 3 is 2.80 bits per heavy atom. The van der Waals surface area contributed by atoms with Crippen molar-refractivity contribution in [3.63, 3.8) is 0 Å². The number of nitrogens with zero attached hydrogens (tertiary/aromatic N) is 2. The summed E-state index contributed by atoms with van der Waals surface area (Å²) in [5.74, 6) is 0. The highest BCUT2D eigenvalue weighted by Crippen LogP contribution is 2.32. The Kier molecular flexibility index (Phi) is 3.14. The van der Waals surface area contributed by atoms with Crippen LogP contribution in [0.2, 0.25) is 0 Å². The molecule has 2 aromatic rings. The van der Waals surface area contributed by atoms with Gasteiger partial charge in [0, 0.05) is 17.3 Å². The predicted molar refractivity (Wildman–Crippen MR) is 64.8 cm³/mol. The molecule has 0 fully saturated rings. The molecule has 15 heavy (non-hydrogen) atoms. The van der Waals surface area contributed by atoms with Crippen LogP contribution >= 0.6 is 27.3 Å². The van der Waals surface area contributed by atoms with E-state index >= 15 is 0 Å². The normalized spacial score (nSPS) is 12.7. The molecule has 0 aliphatic carbocycles. The van der Waals surface area contributed by atoms with Gasteiger partial charge in [-0.3, -0.25) is 9.97 Å². The Morgan fingerprint density at radius 1 is 1.47 bits per heavy atom. The van der Waals surface area contributed by atoms with Gasteiger partial charge in [0.15, 0.2) is 0 Å². The molecule has 0 saturated carbocycles. The first-order valence-electron chi connectivity index (χ1n) is 4.46. The van der Waals surface area contributed by atoms with Crippen molar-refractivity contribution in [1.82, 2.24) is 9.97 Å². The molecule has 0 bridgehead atoms. The number of hydrogen-bond donors (Lipinski definition) is 1. The van der Waals surface area contributed by atoms with Crippen molar-refractivity contribution in [2.45, 2.75) is 13.0 Å². The van der Waals surface area contributed by atoms with Crippen LogP contribution in [0.15, 0.2) is 28.4 Å². The Hall–Kier alpha value is -0.780. The zero-order valence-electron chi connectivity index (χ0n) is 8.14. The number of rotatable bonds is 2. The van der Waals surface area contributed by atoms with Crippen molar-refractivity contribution >= 4 is 27.3 Å². The maximum absolute atomic E-state index is 6.09. The summed E-state index contributed by atoms with van der Waals surface area (Å²) < 4.78 is 1.12. The fourth-order valence-corrected chi connectivity index (χ4v) is 2.84. The monoisotopic (exact) mass is 283 g/mol. The number of aromatic nitrogens is 2. The summed E-state index contributed by atoms with van der Waals surface area (Å²) >= 11 is 5.13. The molecule has 2 aromatic heterocycles. The molecule has 0 aromatic carbocycles. The number of aryl methyl sites for hydroxylation is 1. The van der Waals surface area contributed by atoms with E-state index in [1.807, 2.05) is 6.92 Å². The summed E-state index contributed by atoms with van der Waals surface area (Å²) in [5, 5.41) is 0. The summed E-state index contributed by atoms with van der Waals surface area (Å²) in [7, 11) is 0. The molecule has 0 radical (unpaired) electrons. The summed E-state index contributed by atoms with van der Waals surface area (Å²) in [6, 6.07) is 1.89. The minimum atomic E-state index is -0.186. The van der Waals surface area contributed by atoms with Crippen LogP contribution in [0.25, 0.3) is 0 Å². The SMILES string of the molecule is Cc1cc(C(N)c2cnccn2)sc1Br. The molecule has 5 heteroatoms. The molecule has 1 atom stereocenters. The van der Waals surface area contributed by atoms with Gasteiger partial charge in [0.1, 0.15) is 0 Å². The van der Waals surface area contributed by atoms with E-state index in [9.17, 15) is 0 Å². The van der Waals surface area contributed by atoms with Crippen molar-refractivity contribution < 1.29 is 0 Å². The molecular formula is C10H10BrN3S. The van der Waals surface area contributed by atoms with Crippen LogP contribution in [0.1, 0.15) is 22.2 Å². The molecule has 2 N–H and O–H groups in total. The third-order valence-electron chi connectivity index (χ3n) is 2.08. The third kappa shape index (κ3) is 2.25. The van der Waals surface area contributed by atoms with Crippen molar-refractivity contribution in [3.05, 3.63) is 44.6 Å². The Morgan fingerprint density at radius 2 is 2.27 bits per heavy atom. The highest BCUT2D eigenvalue weighted by atomic mass is 79.9. The van der Waals surface area contributed by atoms with E-state index in [2.05, 4.69) is 32.0 Å². The molecule has 0 saturated heterocycles. The first-order valence-corrected chi connectivity index (χ1v) is 6.06. The van der Waals surface area contributed by atoms with E-state index in [0.717, 1.165) is 14.4 Å². The first kappa shape index (κ1) is 10.7. The fraction of sp³-hybridized carbons (Fsp3) is 0.200. The number of nitrogens with two attached hydrogens (primary N) is 1. The lowest BCUT2D eigenvalue weighted by atomic mass is 10.2. The molecular weight excluding hydrogens is 274 g/mol. The summed E-state index contributed by atoms with van der Waals surface area (Å²) in [6.45, 7) is 2.05. The van der Waals surface area contributed by atoms with Gasteiger partial charge in [0.05, 0.1) is 21.7 Å². The zero-order chi connectivity index (χ0) is 10.8. The molecule has 1 unspecified atom stereocenters. The molecule has 0 aliphatic heterocycles. The van der Waals surface area contributed by atoms with E-state index in [0.29, 0.717) is 0 Å². The number of halogens is 1. The van der Waals surface area contributed by atoms with Crippen LogP contribution in [0.5, 0.6) is 0 Å². The van der Waals surface area contributed by atoms with Crippen LogP contribution in [0.3, 0.4) is 0 Å². The van der Waals surface area contributed by atoms with Gasteiger partial charge in [-0.15, -0.1) is 11.3 Å². The lowest BCUT2D eigenvalue weighted by Crippen LogP contribution is -2.12. The number of hydrogen-bond acceptors (Lipinski definition) is 4. The second kappa shape index (κ2) is 4.38. The number of thiophene rings is 1. The summed E-state index contributed by atoms with van der Waals surface area (Å²) in [4.78, 5) is 9.31. The second-order valence-electron chi connectivity index (χ2n) is 3.21. The van der Waals surface area contributed by atoms with Crippen molar-refractivity contribution in [3.8, 4) is 0 Å². The van der Waals surface area contributed by atoms with Crippen LogP contribution < -0.4 is 5.73 Å². The smallest absolute Gasteiger partial charge is 0.0836 e. The van der Waals surface area contributed by atoms with Crippen LogP contribution in [-0.4, -0.2) is 9.97 Å². The van der Waals surface area contributed by atoms with Crippen LogP contribution in [0.4, 0.5) is 0 Å². The van der Waals surface area contributed by atoms with Gasteiger partial charge in [-0.1, -0.05) is 0 Å². The summed E-state index contributed by atoms with van der Waals surface area (Å²) in [6.07, 6.45) is 5.00. The topological polar surface area (TPSA) is 51.8 Å². The van der Waals surface area contributed by atoms with E-state index in [-0.39, 0.29) is 6.04 Å². The molecule has 2 rings (SSSR count). The standard InChI is InChI=1S/C10H10BrN3S/c1-6-4-8(15-10(6)11)9(12)7-5-13-2-3-14-7/h2-5,9H,12H2,1H3. The van der Waals surface area contributed by atoms with Crippen LogP contribution in [-0.2, 0) is 0 Å². The lowest BCUT2D eigenvalue weighted by Gasteiger charge is -2.06. The molecule has 78 valence electrons. The van der Waals surface area contributed by atoms with Gasteiger partial charge in [-0.25, -0.2) is 0 Å². The first-order chi connectivity index (χ1) is 7.18. The molecule has 0 amide bonds. The Labute approximate surface area is 101 Å². The third-order valence-corrected chi connectivity index (χ3v) is 4.30. The van der Waals surface area contributed by atoms with Gasteiger partial charge in [-0.2, -0.15) is 0 Å². The average Bonchev–Trinajstić information content (AvgIpc) is 2.59. The van der Waals surface area contributed by atoms with Crippen molar-refractivity contribution in [2.24, 2.45) is 5.73 Å². The fourth-order valence-electron chi connectivity index (χ4n) is 1.25. The van der Waals surface area contributed by atoms with E-state index in [1.165, 1.54) is 5.56 Å². The van der Waals surface area contributed by atoms with Gasteiger partial charge in [0.2, 0.25) is 0 Å². The van der Waals surface area contributed by atoms with Crippen LogP contribution in [0, 0.1) is 6.92 Å². The average molecular weight is 284 g/mol. The highest BCUT2D eigenvalue weighted by Gasteiger charge is 2.14. The molecule has 2 heterocycles. The minimum Gasteiger partial charge on any atom is -0.318 e. The lowest BCUT2D eigenvalue weighted by molar-refractivity contribution is 0.834. The maximum atomic E-state index is 6.09. The second-order valence-corrected chi connectivity index (χ2v) is 5.62. The largest absolute Gasteiger partial charge is 0.318 e. The van der Waals surface area contributed by atoms with Gasteiger partial charge < -0.3 is 5.73 Å². The van der Waals surface area contributed by atoms with Crippen molar-refractivity contribution in [1.29, 1.82) is 0 Å². The van der Waals surface area contributed by atoms with E-state index in [1.54, 1.807) is 29.9 Å². The van der Waals surface area contributed by atoms with E-state index in [4.69, 9.17) is 5.73 Å². The predicted octanol–water partition coefficient (Wildman–Crippen LogP) is 2.66. The quantitative estimate of drug-likeness (QED) is 0.922. The molecule has 0 spiro atoms. The maximum Gasteiger partial charge on any atom is 0.0836 e. The van der Waals surface area contributed by atoms with Gasteiger partial charge >= 0.3 is 0 Å². The molecule has 3 nitrogen and oxygen atoms in total. The molecule has 0 aliphatic rings. The highest BCUT2D eigenvalue weighted by molar-refractivity contribution is 9.11. The van der Waals surface area contributed by atoms with Gasteiger partial charge in [0.25, 0.3) is 0 Å². The Bertz CT molecular complexity index is 435. The Balaban J connectivity index is 2.32. The van der Waals surface area contributed by atoms with Gasteiger partial charge in [-0.05, 0) is 34.5 Å². The van der Waals surface area contributed by atoms with Crippen molar-refractivity contribution in [2.75, 3.05) is 0 Å². The zero-order valence-corrected chi connectivity index (χ0v) is 10.5. The summed E-state index contributed by atoms with van der Waals surface area (Å²) in [5.41, 5.74) is 8.09. The van der Waals surface area contributed by atoms with E-state index < -0.39 is 0 Å².